The van der Waals surface area contributed by atoms with Crippen LogP contribution in [0.4, 0.5) is 8.78 Å². The monoisotopic (exact) mass is 329 g/mol. The van der Waals surface area contributed by atoms with Crippen LogP contribution in [0.25, 0.3) is 0 Å². The average molecular weight is 329 g/mol. The molecule has 2 atom stereocenters. The predicted octanol–water partition coefficient (Wildman–Crippen LogP) is 1.91. The number of hydrogen-bond donors (Lipinski definition) is 2. The summed E-state index contributed by atoms with van der Waals surface area (Å²) >= 11 is 0. The van der Waals surface area contributed by atoms with E-state index >= 15 is 0 Å². The van der Waals surface area contributed by atoms with Crippen molar-refractivity contribution in [2.45, 2.75) is 31.7 Å². The van der Waals surface area contributed by atoms with Crippen molar-refractivity contribution in [2.24, 2.45) is 11.8 Å². The van der Waals surface area contributed by atoms with E-state index in [0.29, 0.717) is 19.1 Å². The van der Waals surface area contributed by atoms with Crippen molar-refractivity contribution < 1.29 is 23.0 Å². The van der Waals surface area contributed by atoms with Crippen LogP contribution in [0.15, 0.2) is 6.07 Å². The molecule has 1 aromatic rings. The molecule has 2 saturated heterocycles. The van der Waals surface area contributed by atoms with Crippen LogP contribution in [0.5, 0.6) is 0 Å². The van der Waals surface area contributed by atoms with Gasteiger partial charge < -0.3 is 14.8 Å². The molecule has 1 aromatic heterocycles. The Balaban J connectivity index is 1.64. The first-order valence-electron chi connectivity index (χ1n) is 7.95. The van der Waals surface area contributed by atoms with Gasteiger partial charge in [-0.15, -0.1) is 0 Å². The highest BCUT2D eigenvalue weighted by atomic mass is 19.3. The minimum absolute atomic E-state index is 0.00230. The van der Waals surface area contributed by atoms with Crippen LogP contribution in [0, 0.1) is 11.8 Å². The summed E-state index contributed by atoms with van der Waals surface area (Å²) in [7, 11) is 0. The second-order valence-corrected chi connectivity index (χ2v) is 6.07. The largest absolute Gasteiger partial charge is 0.381 e. The van der Waals surface area contributed by atoms with Gasteiger partial charge in [0.15, 0.2) is 0 Å². The molecule has 8 heteroatoms. The van der Waals surface area contributed by atoms with Crippen LogP contribution in [0.3, 0.4) is 0 Å². The molecule has 0 aliphatic carbocycles. The number of ether oxygens (including phenoxy) is 2. The molecule has 0 spiro atoms. The first-order valence-corrected chi connectivity index (χ1v) is 7.95. The van der Waals surface area contributed by atoms with Gasteiger partial charge in [0.1, 0.15) is 11.4 Å². The summed E-state index contributed by atoms with van der Waals surface area (Å²) in [5.74, 6) is 0.257. The van der Waals surface area contributed by atoms with Crippen LogP contribution in [0.2, 0.25) is 0 Å². The maximum Gasteiger partial charge on any atom is 0.279 e. The van der Waals surface area contributed by atoms with E-state index in [4.69, 9.17) is 9.47 Å². The van der Waals surface area contributed by atoms with Crippen LogP contribution < -0.4 is 5.32 Å². The van der Waals surface area contributed by atoms with Crippen molar-refractivity contribution in [1.29, 1.82) is 0 Å². The van der Waals surface area contributed by atoms with Gasteiger partial charge in [0, 0.05) is 31.8 Å². The Labute approximate surface area is 132 Å². The van der Waals surface area contributed by atoms with E-state index in [0.717, 1.165) is 38.5 Å². The number of alkyl halides is 2. The van der Waals surface area contributed by atoms with Crippen molar-refractivity contribution >= 4 is 5.91 Å². The molecule has 23 heavy (non-hydrogen) atoms. The summed E-state index contributed by atoms with van der Waals surface area (Å²) in [6.07, 6.45) is -0.0292. The Kier molecular flexibility index (Phi) is 5.22. The topological polar surface area (TPSA) is 76.2 Å². The van der Waals surface area contributed by atoms with Crippen LogP contribution in [-0.2, 0) is 9.47 Å². The third kappa shape index (κ3) is 3.87. The molecule has 6 nitrogen and oxygen atoms in total. The molecule has 128 valence electrons. The van der Waals surface area contributed by atoms with Gasteiger partial charge >= 0.3 is 0 Å². The Morgan fingerprint density at radius 1 is 1.26 bits per heavy atom. The summed E-state index contributed by atoms with van der Waals surface area (Å²) in [5, 5.41) is 8.82. The van der Waals surface area contributed by atoms with Gasteiger partial charge in [0.25, 0.3) is 12.3 Å². The minimum atomic E-state index is -2.66. The summed E-state index contributed by atoms with van der Waals surface area (Å²) < 4.78 is 36.1. The van der Waals surface area contributed by atoms with Crippen molar-refractivity contribution in [3.8, 4) is 0 Å². The highest BCUT2D eigenvalue weighted by Gasteiger charge is 2.34. The molecule has 0 aromatic carbocycles. The summed E-state index contributed by atoms with van der Waals surface area (Å²) in [6, 6.07) is 1.08. The zero-order valence-electron chi connectivity index (χ0n) is 12.8. The van der Waals surface area contributed by atoms with Crippen LogP contribution in [0.1, 0.15) is 41.9 Å². The van der Waals surface area contributed by atoms with E-state index in [2.05, 4.69) is 15.5 Å². The van der Waals surface area contributed by atoms with E-state index < -0.39 is 12.3 Å². The fraction of sp³-hybridized carbons (Fsp3) is 0.733. The van der Waals surface area contributed by atoms with Gasteiger partial charge in [-0.2, -0.15) is 5.10 Å². The standard InChI is InChI=1S/C15H21F2N3O3/c16-14(17)12-7-13(20-19-12)15(21)18-11-3-6-23-8-10(11)9-1-4-22-5-2-9/h7,9-11,14H,1-6,8H2,(H,18,21)(H,19,20)/t10-,11-/m0/s1. The van der Waals surface area contributed by atoms with Crippen molar-refractivity contribution in [3.63, 3.8) is 0 Å². The molecule has 2 N–H and O–H groups in total. The lowest BCUT2D eigenvalue weighted by Crippen LogP contribution is -2.49. The van der Waals surface area contributed by atoms with E-state index in [1.54, 1.807) is 0 Å². The average Bonchev–Trinajstić information content (AvgIpc) is 3.07. The molecular weight excluding hydrogens is 308 g/mol. The van der Waals surface area contributed by atoms with Gasteiger partial charge in [-0.1, -0.05) is 0 Å². The quantitative estimate of drug-likeness (QED) is 0.885. The summed E-state index contributed by atoms with van der Waals surface area (Å²) in [4.78, 5) is 12.3. The van der Waals surface area contributed by atoms with Gasteiger partial charge in [-0.3, -0.25) is 9.89 Å². The number of H-pyrrole nitrogens is 1. The zero-order valence-corrected chi connectivity index (χ0v) is 12.8. The molecule has 2 aliphatic heterocycles. The van der Waals surface area contributed by atoms with Crippen molar-refractivity contribution in [1.82, 2.24) is 15.5 Å². The maximum absolute atomic E-state index is 12.6. The molecule has 2 aliphatic rings. The lowest BCUT2D eigenvalue weighted by molar-refractivity contribution is -0.0259. The zero-order chi connectivity index (χ0) is 16.2. The molecule has 1 amide bonds. The lowest BCUT2D eigenvalue weighted by Gasteiger charge is -2.38. The number of carbonyl (C=O) groups is 1. The second-order valence-electron chi connectivity index (χ2n) is 6.07. The smallest absolute Gasteiger partial charge is 0.279 e. The molecular formula is C15H21F2N3O3. The van der Waals surface area contributed by atoms with E-state index in [1.165, 1.54) is 0 Å². The van der Waals surface area contributed by atoms with Gasteiger partial charge in [0.2, 0.25) is 0 Å². The van der Waals surface area contributed by atoms with Crippen molar-refractivity contribution in [2.75, 3.05) is 26.4 Å². The maximum atomic E-state index is 12.6. The van der Waals surface area contributed by atoms with Crippen LogP contribution in [-0.4, -0.2) is 48.6 Å². The normalized spacial score (nSPS) is 26.4. The number of nitrogens with zero attached hydrogens (tertiary/aromatic N) is 1. The second kappa shape index (κ2) is 7.35. The minimum Gasteiger partial charge on any atom is -0.381 e. The van der Waals surface area contributed by atoms with E-state index in [1.807, 2.05) is 0 Å². The fourth-order valence-electron chi connectivity index (χ4n) is 3.35. The Morgan fingerprint density at radius 2 is 2.00 bits per heavy atom. The number of halogens is 2. The predicted molar refractivity (Wildman–Crippen MR) is 77.3 cm³/mol. The number of aromatic amines is 1. The number of amides is 1. The number of hydrogen-bond acceptors (Lipinski definition) is 4. The first-order chi connectivity index (χ1) is 11.1. The molecule has 3 heterocycles. The molecule has 0 radical (unpaired) electrons. The number of aromatic nitrogens is 2. The van der Waals surface area contributed by atoms with Gasteiger partial charge in [0.05, 0.1) is 6.61 Å². The number of carbonyl (C=O) groups excluding carboxylic acids is 1. The lowest BCUT2D eigenvalue weighted by atomic mass is 9.79. The Hall–Kier alpha value is -1.54. The summed E-state index contributed by atoms with van der Waals surface area (Å²) in [6.45, 7) is 2.67. The van der Waals surface area contributed by atoms with Gasteiger partial charge in [-0.25, -0.2) is 8.78 Å². The Bertz CT molecular complexity index is 532. The molecule has 3 rings (SSSR count). The van der Waals surface area contributed by atoms with E-state index in [9.17, 15) is 13.6 Å². The number of rotatable bonds is 4. The highest BCUT2D eigenvalue weighted by Crippen LogP contribution is 2.30. The first kappa shape index (κ1) is 16.3. The van der Waals surface area contributed by atoms with Gasteiger partial charge in [-0.05, 0) is 31.2 Å². The van der Waals surface area contributed by atoms with Crippen molar-refractivity contribution in [3.05, 3.63) is 17.5 Å². The Morgan fingerprint density at radius 3 is 2.70 bits per heavy atom. The molecule has 0 bridgehead atoms. The molecule has 2 fully saturated rings. The SMILES string of the molecule is O=C(N[C@H]1CCOC[C@H]1C1CCOCC1)c1cc(C(F)F)[nH]n1. The van der Waals surface area contributed by atoms with Crippen LogP contribution >= 0.6 is 0 Å². The number of nitrogens with one attached hydrogen (secondary N) is 2. The summed E-state index contributed by atoms with van der Waals surface area (Å²) in [5.41, 5.74) is -0.347. The highest BCUT2D eigenvalue weighted by molar-refractivity contribution is 5.92. The molecule has 0 saturated carbocycles. The fourth-order valence-corrected chi connectivity index (χ4v) is 3.35. The van der Waals surface area contributed by atoms with E-state index in [-0.39, 0.29) is 23.3 Å². The third-order valence-electron chi connectivity index (χ3n) is 4.65. The molecule has 0 unspecified atom stereocenters. The third-order valence-corrected chi connectivity index (χ3v) is 4.65.